The standard InChI is InChI=1S/C14H20FN3O2/c15-11-9-12(16)10(14(19)20)8-13(11)17-4-7-18-5-2-1-3-6-18/h8-9,17H,1-7,16H2,(H,19,20). The molecule has 20 heavy (non-hydrogen) atoms. The van der Waals surface area contributed by atoms with Gasteiger partial charge >= 0.3 is 5.97 Å². The van der Waals surface area contributed by atoms with Crippen LogP contribution in [0.15, 0.2) is 12.1 Å². The molecule has 110 valence electrons. The number of hydrogen-bond acceptors (Lipinski definition) is 4. The second-order valence-corrected chi connectivity index (χ2v) is 5.05. The third-order valence-corrected chi connectivity index (χ3v) is 3.56. The number of nitrogens with two attached hydrogens (primary N) is 1. The third kappa shape index (κ3) is 3.60. The van der Waals surface area contributed by atoms with E-state index >= 15 is 0 Å². The van der Waals surface area contributed by atoms with E-state index in [4.69, 9.17) is 10.8 Å². The maximum Gasteiger partial charge on any atom is 0.337 e. The summed E-state index contributed by atoms with van der Waals surface area (Å²) in [6.45, 7) is 3.56. The predicted molar refractivity (Wildman–Crippen MR) is 76.6 cm³/mol. The van der Waals surface area contributed by atoms with Gasteiger partial charge in [-0.1, -0.05) is 6.42 Å². The van der Waals surface area contributed by atoms with Gasteiger partial charge in [0.25, 0.3) is 0 Å². The number of carbonyl (C=O) groups is 1. The van der Waals surface area contributed by atoms with Gasteiger partial charge in [-0.2, -0.15) is 0 Å². The van der Waals surface area contributed by atoms with Crippen molar-refractivity contribution in [1.82, 2.24) is 4.90 Å². The minimum Gasteiger partial charge on any atom is -0.478 e. The molecule has 0 bridgehead atoms. The number of benzene rings is 1. The lowest BCUT2D eigenvalue weighted by Crippen LogP contribution is -2.33. The van der Waals surface area contributed by atoms with E-state index < -0.39 is 11.8 Å². The number of nitrogens with zero attached hydrogens (tertiary/aromatic N) is 1. The molecule has 0 atom stereocenters. The molecule has 6 heteroatoms. The quantitative estimate of drug-likeness (QED) is 0.719. The summed E-state index contributed by atoms with van der Waals surface area (Å²) in [6, 6.07) is 2.30. The molecule has 1 fully saturated rings. The summed E-state index contributed by atoms with van der Waals surface area (Å²) in [4.78, 5) is 13.3. The van der Waals surface area contributed by atoms with Crippen LogP contribution in [0.4, 0.5) is 15.8 Å². The van der Waals surface area contributed by atoms with Gasteiger partial charge in [0.15, 0.2) is 0 Å². The van der Waals surface area contributed by atoms with Gasteiger partial charge in [-0.05, 0) is 38.1 Å². The normalized spacial score (nSPS) is 16.1. The lowest BCUT2D eigenvalue weighted by molar-refractivity contribution is 0.0698. The molecule has 2 rings (SSSR count). The van der Waals surface area contributed by atoms with Gasteiger partial charge in [0.05, 0.1) is 11.3 Å². The maximum atomic E-state index is 13.7. The molecule has 1 aliphatic rings. The number of hydrogen-bond donors (Lipinski definition) is 3. The molecule has 1 aromatic rings. The third-order valence-electron chi connectivity index (χ3n) is 3.56. The van der Waals surface area contributed by atoms with Crippen molar-refractivity contribution in [2.24, 2.45) is 0 Å². The first kappa shape index (κ1) is 14.6. The zero-order chi connectivity index (χ0) is 14.5. The fourth-order valence-electron chi connectivity index (χ4n) is 2.44. The van der Waals surface area contributed by atoms with Crippen molar-refractivity contribution >= 4 is 17.3 Å². The van der Waals surface area contributed by atoms with Crippen LogP contribution < -0.4 is 11.1 Å². The van der Waals surface area contributed by atoms with Crippen molar-refractivity contribution in [2.45, 2.75) is 19.3 Å². The van der Waals surface area contributed by atoms with E-state index in [0.29, 0.717) is 6.54 Å². The summed E-state index contributed by atoms with van der Waals surface area (Å²) >= 11 is 0. The smallest absolute Gasteiger partial charge is 0.337 e. The second kappa shape index (κ2) is 6.56. The zero-order valence-electron chi connectivity index (χ0n) is 11.4. The number of rotatable bonds is 5. The first-order chi connectivity index (χ1) is 9.58. The molecule has 5 nitrogen and oxygen atoms in total. The molecule has 0 unspecified atom stereocenters. The van der Waals surface area contributed by atoms with Gasteiger partial charge in [-0.25, -0.2) is 9.18 Å². The first-order valence-electron chi connectivity index (χ1n) is 6.86. The Kier molecular flexibility index (Phi) is 4.79. The highest BCUT2D eigenvalue weighted by Gasteiger charge is 2.14. The van der Waals surface area contributed by atoms with Crippen LogP contribution in [0.1, 0.15) is 29.6 Å². The van der Waals surface area contributed by atoms with Crippen molar-refractivity contribution in [3.05, 3.63) is 23.5 Å². The Labute approximate surface area is 117 Å². The highest BCUT2D eigenvalue weighted by atomic mass is 19.1. The van der Waals surface area contributed by atoms with E-state index in [1.54, 1.807) is 0 Å². The summed E-state index contributed by atoms with van der Waals surface area (Å²) in [6.07, 6.45) is 3.69. The molecular formula is C14H20FN3O2. The predicted octanol–water partition coefficient (Wildman–Crippen LogP) is 2.00. The number of piperidine rings is 1. The van der Waals surface area contributed by atoms with Crippen LogP contribution in [0.3, 0.4) is 0 Å². The van der Waals surface area contributed by atoms with Crippen LogP contribution in [0, 0.1) is 5.82 Å². The monoisotopic (exact) mass is 281 g/mol. The number of anilines is 2. The molecule has 0 radical (unpaired) electrons. The molecule has 0 aromatic heterocycles. The first-order valence-corrected chi connectivity index (χ1v) is 6.86. The Balaban J connectivity index is 1.94. The van der Waals surface area contributed by atoms with Gasteiger partial charge in [-0.3, -0.25) is 0 Å². The van der Waals surface area contributed by atoms with Crippen molar-refractivity contribution in [2.75, 3.05) is 37.2 Å². The molecule has 1 aromatic carbocycles. The van der Waals surface area contributed by atoms with E-state index in [-0.39, 0.29) is 16.9 Å². The largest absolute Gasteiger partial charge is 0.478 e. The number of nitrogen functional groups attached to an aromatic ring is 1. The van der Waals surface area contributed by atoms with Crippen LogP contribution in [-0.2, 0) is 0 Å². The van der Waals surface area contributed by atoms with Gasteiger partial charge in [-0.15, -0.1) is 0 Å². The Hall–Kier alpha value is -1.82. The van der Waals surface area contributed by atoms with E-state index in [2.05, 4.69) is 10.2 Å². The van der Waals surface area contributed by atoms with Gasteiger partial charge in [0.2, 0.25) is 0 Å². The molecular weight excluding hydrogens is 261 g/mol. The summed E-state index contributed by atoms with van der Waals surface area (Å²) < 4.78 is 13.7. The number of halogens is 1. The Morgan fingerprint density at radius 3 is 2.70 bits per heavy atom. The maximum absolute atomic E-state index is 13.7. The fourth-order valence-corrected chi connectivity index (χ4v) is 2.44. The molecule has 1 heterocycles. The highest BCUT2D eigenvalue weighted by Crippen LogP contribution is 2.22. The van der Waals surface area contributed by atoms with E-state index in [1.807, 2.05) is 0 Å². The number of aromatic carboxylic acids is 1. The molecule has 1 saturated heterocycles. The number of carboxylic acids is 1. The van der Waals surface area contributed by atoms with Gasteiger partial charge < -0.3 is 21.1 Å². The van der Waals surface area contributed by atoms with Crippen LogP contribution in [-0.4, -0.2) is 42.2 Å². The van der Waals surface area contributed by atoms with E-state index in [9.17, 15) is 9.18 Å². The Bertz CT molecular complexity index is 488. The Morgan fingerprint density at radius 1 is 1.35 bits per heavy atom. The summed E-state index contributed by atoms with van der Waals surface area (Å²) in [5.41, 5.74) is 5.53. The van der Waals surface area contributed by atoms with Crippen molar-refractivity contribution in [3.8, 4) is 0 Å². The van der Waals surface area contributed by atoms with Crippen LogP contribution in [0.2, 0.25) is 0 Å². The minimum absolute atomic E-state index is 0.0587. The average Bonchev–Trinajstić information content (AvgIpc) is 2.42. The Morgan fingerprint density at radius 2 is 2.05 bits per heavy atom. The average molecular weight is 281 g/mol. The number of likely N-dealkylation sites (tertiary alicyclic amines) is 1. The zero-order valence-corrected chi connectivity index (χ0v) is 11.4. The highest BCUT2D eigenvalue weighted by molar-refractivity contribution is 5.94. The van der Waals surface area contributed by atoms with E-state index in [0.717, 1.165) is 25.7 Å². The number of carboxylic acid groups (broad SMARTS) is 1. The van der Waals surface area contributed by atoms with E-state index in [1.165, 1.54) is 25.3 Å². The minimum atomic E-state index is -1.15. The lowest BCUT2D eigenvalue weighted by Gasteiger charge is -2.26. The summed E-state index contributed by atoms with van der Waals surface area (Å²) in [7, 11) is 0. The van der Waals surface area contributed by atoms with Gasteiger partial charge in [0.1, 0.15) is 5.82 Å². The molecule has 0 aliphatic carbocycles. The van der Waals surface area contributed by atoms with Crippen LogP contribution in [0.5, 0.6) is 0 Å². The summed E-state index contributed by atoms with van der Waals surface area (Å²) in [5, 5.41) is 11.9. The SMILES string of the molecule is Nc1cc(F)c(NCCN2CCCCC2)cc1C(=O)O. The second-order valence-electron chi connectivity index (χ2n) is 5.05. The number of nitrogens with one attached hydrogen (secondary N) is 1. The van der Waals surface area contributed by atoms with Crippen LogP contribution >= 0.6 is 0 Å². The van der Waals surface area contributed by atoms with Gasteiger partial charge in [0, 0.05) is 18.8 Å². The fraction of sp³-hybridized carbons (Fsp3) is 0.500. The lowest BCUT2D eigenvalue weighted by atomic mass is 10.1. The molecule has 1 aliphatic heterocycles. The molecule has 0 saturated carbocycles. The van der Waals surface area contributed by atoms with Crippen molar-refractivity contribution in [1.29, 1.82) is 0 Å². The topological polar surface area (TPSA) is 78.6 Å². The molecule has 0 amide bonds. The van der Waals surface area contributed by atoms with Crippen molar-refractivity contribution in [3.63, 3.8) is 0 Å². The van der Waals surface area contributed by atoms with Crippen LogP contribution in [0.25, 0.3) is 0 Å². The summed E-state index contributed by atoms with van der Waals surface area (Å²) in [5.74, 6) is -1.67. The van der Waals surface area contributed by atoms with Crippen molar-refractivity contribution < 1.29 is 14.3 Å². The molecule has 0 spiro atoms. The molecule has 4 N–H and O–H groups in total.